The van der Waals surface area contributed by atoms with E-state index in [2.05, 4.69) is 0 Å². The summed E-state index contributed by atoms with van der Waals surface area (Å²) in [5, 5.41) is 0. The van der Waals surface area contributed by atoms with Crippen molar-refractivity contribution in [3.05, 3.63) is 35.4 Å². The molecule has 1 aliphatic rings. The van der Waals surface area contributed by atoms with Gasteiger partial charge >= 0.3 is 6.18 Å². The third-order valence-electron chi connectivity index (χ3n) is 4.98. The summed E-state index contributed by atoms with van der Waals surface area (Å²) >= 11 is 0. The Hall–Kier alpha value is -1.56. The molecule has 24 heavy (non-hydrogen) atoms. The molecule has 1 saturated carbocycles. The minimum atomic E-state index is -4.38. The Morgan fingerprint density at radius 1 is 1.38 bits per heavy atom. The number of benzene rings is 1. The molecule has 0 saturated heterocycles. The van der Waals surface area contributed by atoms with Crippen molar-refractivity contribution in [3.63, 3.8) is 0 Å². The zero-order chi connectivity index (χ0) is 17.9. The highest BCUT2D eigenvalue weighted by Crippen LogP contribution is 2.33. The van der Waals surface area contributed by atoms with E-state index >= 15 is 0 Å². The van der Waals surface area contributed by atoms with E-state index in [1.165, 1.54) is 6.07 Å². The minimum Gasteiger partial charge on any atom is -0.336 e. The van der Waals surface area contributed by atoms with Crippen LogP contribution in [0.4, 0.5) is 13.2 Å². The Kier molecular flexibility index (Phi) is 5.91. The molecule has 1 aromatic carbocycles. The summed E-state index contributed by atoms with van der Waals surface area (Å²) in [6, 6.07) is 4.85. The second-order valence-electron chi connectivity index (χ2n) is 6.54. The van der Waals surface area contributed by atoms with Crippen molar-refractivity contribution in [1.82, 2.24) is 4.90 Å². The number of nitrogens with zero attached hydrogens (tertiary/aromatic N) is 1. The lowest BCUT2D eigenvalue weighted by molar-refractivity contribution is -0.137. The Bertz CT molecular complexity index is 574. The molecule has 6 heteroatoms. The number of hydrogen-bond acceptors (Lipinski definition) is 2. The molecule has 1 amide bonds. The molecule has 0 aromatic heterocycles. The second kappa shape index (κ2) is 7.55. The third-order valence-corrected chi connectivity index (χ3v) is 4.98. The van der Waals surface area contributed by atoms with Crippen molar-refractivity contribution in [2.75, 3.05) is 6.54 Å². The van der Waals surface area contributed by atoms with E-state index < -0.39 is 17.8 Å². The van der Waals surface area contributed by atoms with Crippen LogP contribution >= 0.6 is 0 Å². The van der Waals surface area contributed by atoms with E-state index in [1.807, 2.05) is 6.92 Å². The predicted molar refractivity (Wildman–Crippen MR) is 87.2 cm³/mol. The fraction of sp³-hybridized carbons (Fsp3) is 0.611. The molecule has 1 aromatic rings. The van der Waals surface area contributed by atoms with E-state index in [0.29, 0.717) is 18.5 Å². The topological polar surface area (TPSA) is 46.3 Å². The molecule has 0 aliphatic heterocycles. The second-order valence-corrected chi connectivity index (χ2v) is 6.54. The van der Waals surface area contributed by atoms with Crippen LogP contribution in [0, 0.1) is 5.92 Å². The van der Waals surface area contributed by atoms with E-state index in [9.17, 15) is 18.0 Å². The first-order valence-electron chi connectivity index (χ1n) is 8.46. The molecule has 3 nitrogen and oxygen atoms in total. The van der Waals surface area contributed by atoms with E-state index in [1.54, 1.807) is 17.9 Å². The Morgan fingerprint density at radius 2 is 2.08 bits per heavy atom. The maximum atomic E-state index is 12.9. The molecule has 3 atom stereocenters. The zero-order valence-electron chi connectivity index (χ0n) is 14.1. The van der Waals surface area contributed by atoms with Gasteiger partial charge in [-0.15, -0.1) is 0 Å². The Balaban J connectivity index is 2.13. The molecule has 2 N–H and O–H groups in total. The standard InChI is InChI=1S/C18H25F3N2O/c1-3-23(17(24)11-14-7-5-9-16(14)22)12(2)13-6-4-8-15(10-13)18(19,20)21/h4,6,8,10,12,14,16H,3,5,7,9,11,22H2,1-2H3/t12?,14-,16+/m0/s1. The van der Waals surface area contributed by atoms with Crippen molar-refractivity contribution < 1.29 is 18.0 Å². The van der Waals surface area contributed by atoms with Gasteiger partial charge in [-0.1, -0.05) is 18.6 Å². The third kappa shape index (κ3) is 4.29. The van der Waals surface area contributed by atoms with Crippen LogP contribution < -0.4 is 5.73 Å². The van der Waals surface area contributed by atoms with Gasteiger partial charge < -0.3 is 10.6 Å². The van der Waals surface area contributed by atoms with Crippen LogP contribution in [-0.2, 0) is 11.0 Å². The number of halogens is 3. The SMILES string of the molecule is CCN(C(=O)C[C@@H]1CCC[C@H]1N)C(C)c1cccc(C(F)(F)F)c1. The van der Waals surface area contributed by atoms with Crippen LogP contribution in [-0.4, -0.2) is 23.4 Å². The van der Waals surface area contributed by atoms with Gasteiger partial charge in [-0.3, -0.25) is 4.79 Å². The number of alkyl halides is 3. The van der Waals surface area contributed by atoms with E-state index in [4.69, 9.17) is 5.73 Å². The summed E-state index contributed by atoms with van der Waals surface area (Å²) in [6.45, 7) is 4.07. The fourth-order valence-electron chi connectivity index (χ4n) is 3.48. The highest BCUT2D eigenvalue weighted by atomic mass is 19.4. The molecule has 0 heterocycles. The van der Waals surface area contributed by atoms with Gasteiger partial charge in [0.2, 0.25) is 5.91 Å². The number of nitrogens with two attached hydrogens (primary N) is 1. The van der Waals surface area contributed by atoms with Crippen LogP contribution in [0.25, 0.3) is 0 Å². The smallest absolute Gasteiger partial charge is 0.336 e. The van der Waals surface area contributed by atoms with Crippen LogP contribution in [0.2, 0.25) is 0 Å². The monoisotopic (exact) mass is 342 g/mol. The summed E-state index contributed by atoms with van der Waals surface area (Å²) in [5.74, 6) is 0.144. The predicted octanol–water partition coefficient (Wildman–Crippen LogP) is 4.13. The normalized spacial score (nSPS) is 22.4. The molecule has 2 rings (SSSR count). The lowest BCUT2D eigenvalue weighted by Gasteiger charge is -2.30. The number of carbonyl (C=O) groups excluding carboxylic acids is 1. The van der Waals surface area contributed by atoms with Gasteiger partial charge in [0.05, 0.1) is 11.6 Å². The summed E-state index contributed by atoms with van der Waals surface area (Å²) < 4.78 is 38.7. The molecule has 0 bridgehead atoms. The lowest BCUT2D eigenvalue weighted by atomic mass is 9.98. The molecule has 134 valence electrons. The molecule has 0 radical (unpaired) electrons. The number of rotatable bonds is 5. The van der Waals surface area contributed by atoms with Crippen molar-refractivity contribution in [2.24, 2.45) is 11.7 Å². The Labute approximate surface area is 141 Å². The molecule has 0 spiro atoms. The van der Waals surface area contributed by atoms with Gasteiger partial charge in [0, 0.05) is 19.0 Å². The Morgan fingerprint density at radius 3 is 2.62 bits per heavy atom. The first kappa shape index (κ1) is 18.8. The lowest BCUT2D eigenvalue weighted by Crippen LogP contribution is -2.37. The first-order chi connectivity index (χ1) is 11.2. The first-order valence-corrected chi connectivity index (χ1v) is 8.46. The van der Waals surface area contributed by atoms with E-state index in [0.717, 1.165) is 31.4 Å². The van der Waals surface area contributed by atoms with Crippen LogP contribution in [0.1, 0.15) is 56.7 Å². The largest absolute Gasteiger partial charge is 0.416 e. The molecule has 1 aliphatic carbocycles. The average Bonchev–Trinajstić information content (AvgIpc) is 2.92. The summed E-state index contributed by atoms with van der Waals surface area (Å²) in [6.07, 6.45) is -1.09. The summed E-state index contributed by atoms with van der Waals surface area (Å²) in [7, 11) is 0. The van der Waals surface area contributed by atoms with Crippen molar-refractivity contribution in [2.45, 2.75) is 57.8 Å². The number of hydrogen-bond donors (Lipinski definition) is 1. The fourth-order valence-corrected chi connectivity index (χ4v) is 3.48. The van der Waals surface area contributed by atoms with Gasteiger partial charge in [-0.2, -0.15) is 13.2 Å². The number of carbonyl (C=O) groups is 1. The maximum absolute atomic E-state index is 12.9. The molecular formula is C18H25F3N2O. The van der Waals surface area contributed by atoms with Gasteiger partial charge in [0.1, 0.15) is 0 Å². The molecular weight excluding hydrogens is 317 g/mol. The molecule has 1 unspecified atom stereocenters. The highest BCUT2D eigenvalue weighted by molar-refractivity contribution is 5.77. The minimum absolute atomic E-state index is 0.0373. The van der Waals surface area contributed by atoms with Crippen molar-refractivity contribution >= 4 is 5.91 Å². The average molecular weight is 342 g/mol. The van der Waals surface area contributed by atoms with Crippen LogP contribution in [0.3, 0.4) is 0 Å². The van der Waals surface area contributed by atoms with Gasteiger partial charge in [-0.25, -0.2) is 0 Å². The molecule has 1 fully saturated rings. The van der Waals surface area contributed by atoms with Gasteiger partial charge in [0.15, 0.2) is 0 Å². The summed E-state index contributed by atoms with van der Waals surface area (Å²) in [4.78, 5) is 14.3. The maximum Gasteiger partial charge on any atom is 0.416 e. The summed E-state index contributed by atoms with van der Waals surface area (Å²) in [5.41, 5.74) is 5.84. The number of amides is 1. The highest BCUT2D eigenvalue weighted by Gasteiger charge is 2.32. The van der Waals surface area contributed by atoms with E-state index in [-0.39, 0.29) is 17.9 Å². The van der Waals surface area contributed by atoms with Crippen molar-refractivity contribution in [3.8, 4) is 0 Å². The van der Waals surface area contributed by atoms with Crippen LogP contribution in [0.15, 0.2) is 24.3 Å². The quantitative estimate of drug-likeness (QED) is 0.874. The van der Waals surface area contributed by atoms with Crippen molar-refractivity contribution in [1.29, 1.82) is 0 Å². The van der Waals surface area contributed by atoms with Gasteiger partial charge in [-0.05, 0) is 50.3 Å². The van der Waals surface area contributed by atoms with Gasteiger partial charge in [0.25, 0.3) is 0 Å². The van der Waals surface area contributed by atoms with Crippen LogP contribution in [0.5, 0.6) is 0 Å². The zero-order valence-corrected chi connectivity index (χ0v) is 14.1.